The first kappa shape index (κ1) is 18.8. The van der Waals surface area contributed by atoms with Crippen molar-refractivity contribution < 1.29 is 14.5 Å². The van der Waals surface area contributed by atoms with E-state index in [4.69, 9.17) is 4.74 Å². The fourth-order valence-electron chi connectivity index (χ4n) is 2.19. The fourth-order valence-corrected chi connectivity index (χ4v) is 3.16. The van der Waals surface area contributed by atoms with Crippen LogP contribution in [0.3, 0.4) is 0 Å². The largest absolute Gasteiger partial charge is 0.494 e. The third-order valence-corrected chi connectivity index (χ3v) is 4.96. The van der Waals surface area contributed by atoms with Gasteiger partial charge in [0.15, 0.2) is 0 Å². The minimum Gasteiger partial charge on any atom is -0.494 e. The molecule has 7 heteroatoms. The van der Waals surface area contributed by atoms with Gasteiger partial charge >= 0.3 is 0 Å². The van der Waals surface area contributed by atoms with Crippen LogP contribution in [0.1, 0.15) is 18.1 Å². The summed E-state index contributed by atoms with van der Waals surface area (Å²) < 4.78 is 5.14. The molecule has 0 radical (unpaired) electrons. The number of ether oxygens (including phenoxy) is 1. The second-order valence-corrected chi connectivity index (χ2v) is 6.84. The topological polar surface area (TPSA) is 81.5 Å². The third kappa shape index (κ3) is 4.96. The van der Waals surface area contributed by atoms with Gasteiger partial charge in [0.2, 0.25) is 5.91 Å². The molecule has 1 amide bonds. The molecule has 0 aliphatic heterocycles. The van der Waals surface area contributed by atoms with E-state index < -0.39 is 4.92 Å². The molecule has 1 N–H and O–H groups in total. The van der Waals surface area contributed by atoms with E-state index in [2.05, 4.69) is 5.32 Å². The number of amides is 1. The van der Waals surface area contributed by atoms with Crippen molar-refractivity contribution in [2.24, 2.45) is 0 Å². The van der Waals surface area contributed by atoms with Gasteiger partial charge in [-0.15, -0.1) is 11.8 Å². The number of hydrogen-bond acceptors (Lipinski definition) is 5. The molecule has 0 aliphatic rings. The zero-order chi connectivity index (χ0) is 18.4. The number of anilines is 1. The molecule has 0 saturated carbocycles. The van der Waals surface area contributed by atoms with Crippen LogP contribution < -0.4 is 10.1 Å². The molecule has 2 aromatic rings. The number of thioether (sulfide) groups is 1. The highest BCUT2D eigenvalue weighted by Gasteiger charge is 2.18. The quantitative estimate of drug-likeness (QED) is 0.592. The van der Waals surface area contributed by atoms with Crippen LogP contribution in [0.4, 0.5) is 11.4 Å². The molecular weight excluding hydrogens is 340 g/mol. The van der Waals surface area contributed by atoms with Crippen molar-refractivity contribution in [1.82, 2.24) is 0 Å². The van der Waals surface area contributed by atoms with Crippen molar-refractivity contribution in [3.05, 3.63) is 63.7 Å². The van der Waals surface area contributed by atoms with Crippen LogP contribution >= 0.6 is 11.8 Å². The van der Waals surface area contributed by atoms with E-state index in [1.165, 1.54) is 48.2 Å². The van der Waals surface area contributed by atoms with Gasteiger partial charge in [-0.25, -0.2) is 0 Å². The van der Waals surface area contributed by atoms with Crippen LogP contribution in [-0.2, 0) is 10.5 Å². The lowest BCUT2D eigenvalue weighted by Crippen LogP contribution is -2.23. The number of nitrogens with one attached hydrogen (secondary N) is 1. The Balaban J connectivity index is 2.01. The summed E-state index contributed by atoms with van der Waals surface area (Å²) >= 11 is 1.53. The van der Waals surface area contributed by atoms with Gasteiger partial charge in [0.1, 0.15) is 5.75 Å². The number of nitro groups is 1. The van der Waals surface area contributed by atoms with Gasteiger partial charge < -0.3 is 10.1 Å². The first-order valence-electron chi connectivity index (χ1n) is 7.71. The van der Waals surface area contributed by atoms with Crippen LogP contribution in [0.5, 0.6) is 5.75 Å². The van der Waals surface area contributed by atoms with Crippen LogP contribution in [0, 0.1) is 17.0 Å². The average Bonchev–Trinajstić information content (AvgIpc) is 2.60. The minimum absolute atomic E-state index is 0.0863. The average molecular weight is 360 g/mol. The summed E-state index contributed by atoms with van der Waals surface area (Å²) in [6.07, 6.45) is 0. The predicted molar refractivity (Wildman–Crippen MR) is 100 cm³/mol. The number of hydrogen-bond donors (Lipinski definition) is 1. The number of aryl methyl sites for hydroxylation is 1. The molecular formula is C18H20N2O4S. The zero-order valence-corrected chi connectivity index (χ0v) is 15.1. The number of non-ortho nitro benzene ring substituents is 1. The summed E-state index contributed by atoms with van der Waals surface area (Å²) in [5.41, 5.74) is 2.72. The molecule has 132 valence electrons. The predicted octanol–water partition coefficient (Wildman–Crippen LogP) is 4.17. The highest BCUT2D eigenvalue weighted by atomic mass is 32.2. The Morgan fingerprint density at radius 2 is 2.04 bits per heavy atom. The van der Waals surface area contributed by atoms with Crippen molar-refractivity contribution in [1.29, 1.82) is 0 Å². The number of carbonyl (C=O) groups excluding carboxylic acids is 1. The number of nitrogens with zero attached hydrogens (tertiary/aromatic N) is 1. The first-order chi connectivity index (χ1) is 11.9. The van der Waals surface area contributed by atoms with E-state index in [9.17, 15) is 14.9 Å². The number of benzene rings is 2. The number of carbonyl (C=O) groups is 1. The highest BCUT2D eigenvalue weighted by molar-refractivity contribution is 7.99. The van der Waals surface area contributed by atoms with Crippen LogP contribution in [-0.4, -0.2) is 23.2 Å². The molecule has 0 heterocycles. The van der Waals surface area contributed by atoms with Gasteiger partial charge in [-0.2, -0.15) is 0 Å². The van der Waals surface area contributed by atoms with E-state index in [1.807, 2.05) is 38.1 Å². The van der Waals surface area contributed by atoms with E-state index in [0.29, 0.717) is 5.69 Å². The maximum absolute atomic E-state index is 12.4. The Labute approximate surface area is 150 Å². The molecule has 0 aromatic heterocycles. The third-order valence-electron chi connectivity index (χ3n) is 3.77. The Kier molecular flexibility index (Phi) is 6.41. The lowest BCUT2D eigenvalue weighted by Gasteiger charge is -2.14. The maximum Gasteiger partial charge on any atom is 0.273 e. The summed E-state index contributed by atoms with van der Waals surface area (Å²) in [6, 6.07) is 12.2. The Morgan fingerprint density at radius 1 is 1.32 bits per heavy atom. The molecule has 0 spiro atoms. The summed E-state index contributed by atoms with van der Waals surface area (Å²) in [4.78, 5) is 22.7. The van der Waals surface area contributed by atoms with Crippen molar-refractivity contribution in [3.63, 3.8) is 0 Å². The fraction of sp³-hybridized carbons (Fsp3) is 0.278. The minimum atomic E-state index is -0.505. The van der Waals surface area contributed by atoms with Gasteiger partial charge in [-0.1, -0.05) is 24.3 Å². The molecule has 0 fully saturated rings. The molecule has 0 bridgehead atoms. The zero-order valence-electron chi connectivity index (χ0n) is 14.3. The molecule has 2 rings (SSSR count). The number of rotatable bonds is 7. The first-order valence-corrected chi connectivity index (χ1v) is 8.76. The van der Waals surface area contributed by atoms with E-state index >= 15 is 0 Å². The number of nitro benzene ring substituents is 1. The van der Waals surface area contributed by atoms with E-state index in [1.54, 1.807) is 0 Å². The van der Waals surface area contributed by atoms with E-state index in [-0.39, 0.29) is 22.6 Å². The van der Waals surface area contributed by atoms with Gasteiger partial charge in [-0.05, 0) is 31.0 Å². The van der Waals surface area contributed by atoms with Gasteiger partial charge in [0.05, 0.1) is 29.0 Å². The summed E-state index contributed by atoms with van der Waals surface area (Å²) in [6.45, 7) is 3.87. The molecule has 2 aromatic carbocycles. The molecule has 6 nitrogen and oxygen atoms in total. The van der Waals surface area contributed by atoms with Crippen LogP contribution in [0.25, 0.3) is 0 Å². The SMILES string of the molecule is COc1cc([N+](=O)[O-])ccc1NC(=O)[C@@H](C)SCc1ccccc1C. The normalized spacial score (nSPS) is 11.6. The van der Waals surface area contributed by atoms with Crippen molar-refractivity contribution in [3.8, 4) is 5.75 Å². The highest BCUT2D eigenvalue weighted by Crippen LogP contribution is 2.30. The maximum atomic E-state index is 12.4. The molecule has 25 heavy (non-hydrogen) atoms. The Hall–Kier alpha value is -2.54. The van der Waals surface area contributed by atoms with Gasteiger partial charge in [0.25, 0.3) is 5.69 Å². The second kappa shape index (κ2) is 8.53. The van der Waals surface area contributed by atoms with Crippen molar-refractivity contribution in [2.45, 2.75) is 24.9 Å². The van der Waals surface area contributed by atoms with Crippen LogP contribution in [0.15, 0.2) is 42.5 Å². The monoisotopic (exact) mass is 360 g/mol. The van der Waals surface area contributed by atoms with Crippen molar-refractivity contribution >= 4 is 29.0 Å². The van der Waals surface area contributed by atoms with Gasteiger partial charge in [-0.3, -0.25) is 14.9 Å². The van der Waals surface area contributed by atoms with E-state index in [0.717, 1.165) is 5.75 Å². The molecule has 1 atom stereocenters. The van der Waals surface area contributed by atoms with Crippen molar-refractivity contribution in [2.75, 3.05) is 12.4 Å². The molecule has 0 saturated heterocycles. The standard InChI is InChI=1S/C18H20N2O4S/c1-12-6-4-5-7-14(12)11-25-13(2)18(21)19-16-9-8-15(20(22)23)10-17(16)24-3/h4-10,13H,11H2,1-3H3,(H,19,21)/t13-/m1/s1. The molecule has 0 unspecified atom stereocenters. The smallest absolute Gasteiger partial charge is 0.273 e. The second-order valence-electron chi connectivity index (χ2n) is 5.51. The lowest BCUT2D eigenvalue weighted by atomic mass is 10.1. The van der Waals surface area contributed by atoms with Crippen LogP contribution in [0.2, 0.25) is 0 Å². The Bertz CT molecular complexity index is 779. The van der Waals surface area contributed by atoms with Gasteiger partial charge in [0, 0.05) is 11.8 Å². The summed E-state index contributed by atoms with van der Waals surface area (Å²) in [7, 11) is 1.41. The lowest BCUT2D eigenvalue weighted by molar-refractivity contribution is -0.384. The summed E-state index contributed by atoms with van der Waals surface area (Å²) in [5, 5.41) is 13.3. The summed E-state index contributed by atoms with van der Waals surface area (Å²) in [5.74, 6) is 0.822. The molecule has 0 aliphatic carbocycles. The Morgan fingerprint density at radius 3 is 2.68 bits per heavy atom. The number of methoxy groups -OCH3 is 1.